The van der Waals surface area contributed by atoms with Gasteiger partial charge in [-0.3, -0.25) is 9.59 Å². The van der Waals surface area contributed by atoms with E-state index in [2.05, 4.69) is 10.6 Å². The first kappa shape index (κ1) is 20.5. The van der Waals surface area contributed by atoms with Gasteiger partial charge < -0.3 is 24.8 Å². The lowest BCUT2D eigenvalue weighted by Gasteiger charge is -2.14. The summed E-state index contributed by atoms with van der Waals surface area (Å²) in [6.07, 6.45) is 0.521. The molecule has 1 aliphatic rings. The molecule has 1 aliphatic carbocycles. The Morgan fingerprint density at radius 1 is 0.897 bits per heavy atom. The van der Waals surface area contributed by atoms with Crippen LogP contribution in [0, 0.1) is 25.7 Å². The van der Waals surface area contributed by atoms with E-state index in [9.17, 15) is 9.59 Å². The van der Waals surface area contributed by atoms with Crippen molar-refractivity contribution in [2.75, 3.05) is 32.0 Å². The maximum atomic E-state index is 12.6. The highest BCUT2D eigenvalue weighted by atomic mass is 16.5. The second-order valence-electron chi connectivity index (χ2n) is 7.09. The molecule has 0 radical (unpaired) electrons. The van der Waals surface area contributed by atoms with Gasteiger partial charge in [0.2, 0.25) is 17.6 Å². The smallest absolute Gasteiger partial charge is 0.228 e. The summed E-state index contributed by atoms with van der Waals surface area (Å²) in [4.78, 5) is 25.2. The number of carbonyl (C=O) groups is 2. The Bertz CT molecular complexity index is 916. The Kier molecular flexibility index (Phi) is 5.96. The van der Waals surface area contributed by atoms with Crippen LogP contribution in [0.25, 0.3) is 0 Å². The topological polar surface area (TPSA) is 85.9 Å². The van der Waals surface area contributed by atoms with Gasteiger partial charge in [0.25, 0.3) is 0 Å². The van der Waals surface area contributed by atoms with Gasteiger partial charge in [-0.15, -0.1) is 0 Å². The summed E-state index contributed by atoms with van der Waals surface area (Å²) in [5.41, 5.74) is 3.44. The molecule has 1 saturated carbocycles. The third kappa shape index (κ3) is 4.29. The predicted molar refractivity (Wildman–Crippen MR) is 111 cm³/mol. The van der Waals surface area contributed by atoms with E-state index in [1.54, 1.807) is 12.1 Å². The van der Waals surface area contributed by atoms with Gasteiger partial charge in [-0.2, -0.15) is 0 Å². The average Bonchev–Trinajstić information content (AvgIpc) is 3.51. The predicted octanol–water partition coefficient (Wildman–Crippen LogP) is 3.54. The van der Waals surface area contributed by atoms with Crippen LogP contribution < -0.4 is 24.8 Å². The number of anilines is 2. The minimum absolute atomic E-state index is 0.135. The molecule has 2 aromatic carbocycles. The van der Waals surface area contributed by atoms with Crippen molar-refractivity contribution in [3.05, 3.63) is 41.5 Å². The highest BCUT2D eigenvalue weighted by molar-refractivity contribution is 6.03. The molecule has 154 valence electrons. The molecule has 2 unspecified atom stereocenters. The zero-order chi connectivity index (χ0) is 21.1. The van der Waals surface area contributed by atoms with Crippen molar-refractivity contribution in [2.24, 2.45) is 11.8 Å². The zero-order valence-electron chi connectivity index (χ0n) is 17.3. The van der Waals surface area contributed by atoms with Crippen LogP contribution in [0.15, 0.2) is 30.3 Å². The Balaban J connectivity index is 1.66. The Morgan fingerprint density at radius 3 is 2.03 bits per heavy atom. The molecule has 0 saturated heterocycles. The molecule has 2 atom stereocenters. The first-order valence-corrected chi connectivity index (χ1v) is 9.37. The van der Waals surface area contributed by atoms with E-state index in [1.165, 1.54) is 21.3 Å². The third-order valence-electron chi connectivity index (χ3n) is 5.26. The normalized spacial score (nSPS) is 17.3. The molecule has 2 aromatic rings. The second-order valence-corrected chi connectivity index (χ2v) is 7.09. The number of aryl methyl sites for hydroxylation is 1. The van der Waals surface area contributed by atoms with Gasteiger partial charge in [0.1, 0.15) is 0 Å². The molecule has 0 aliphatic heterocycles. The van der Waals surface area contributed by atoms with E-state index in [1.807, 2.05) is 32.0 Å². The number of hydrogen-bond donors (Lipinski definition) is 2. The van der Waals surface area contributed by atoms with Crippen molar-refractivity contribution in [1.29, 1.82) is 0 Å². The number of benzene rings is 2. The number of carbonyl (C=O) groups excluding carboxylic acids is 2. The van der Waals surface area contributed by atoms with Gasteiger partial charge in [0.05, 0.1) is 33.2 Å². The summed E-state index contributed by atoms with van der Waals surface area (Å²) in [6.45, 7) is 3.96. The fourth-order valence-corrected chi connectivity index (χ4v) is 3.27. The largest absolute Gasteiger partial charge is 0.493 e. The number of ether oxygens (including phenoxy) is 3. The fourth-order valence-electron chi connectivity index (χ4n) is 3.27. The van der Waals surface area contributed by atoms with Crippen LogP contribution in [-0.2, 0) is 9.59 Å². The molecule has 2 amide bonds. The first-order chi connectivity index (χ1) is 13.9. The fraction of sp³-hybridized carbons (Fsp3) is 0.364. The Hall–Kier alpha value is -3.22. The summed E-state index contributed by atoms with van der Waals surface area (Å²) >= 11 is 0. The number of methoxy groups -OCH3 is 3. The number of rotatable bonds is 7. The minimum atomic E-state index is -0.362. The summed E-state index contributed by atoms with van der Waals surface area (Å²) < 4.78 is 15.9. The van der Waals surface area contributed by atoms with Crippen molar-refractivity contribution >= 4 is 23.2 Å². The van der Waals surface area contributed by atoms with E-state index >= 15 is 0 Å². The van der Waals surface area contributed by atoms with E-state index in [0.717, 1.165) is 16.8 Å². The van der Waals surface area contributed by atoms with Gasteiger partial charge in [-0.25, -0.2) is 0 Å². The third-order valence-corrected chi connectivity index (χ3v) is 5.26. The first-order valence-electron chi connectivity index (χ1n) is 9.37. The maximum Gasteiger partial charge on any atom is 0.228 e. The molecule has 0 heterocycles. The van der Waals surface area contributed by atoms with Crippen molar-refractivity contribution in [1.82, 2.24) is 0 Å². The molecular formula is C22H26N2O5. The molecule has 3 rings (SSSR count). The summed E-state index contributed by atoms with van der Waals surface area (Å²) in [7, 11) is 4.54. The molecule has 0 aromatic heterocycles. The Morgan fingerprint density at radius 2 is 1.48 bits per heavy atom. The van der Waals surface area contributed by atoms with Crippen LogP contribution in [0.2, 0.25) is 0 Å². The molecule has 1 fully saturated rings. The summed E-state index contributed by atoms with van der Waals surface area (Å²) in [5.74, 6) is 0.301. The van der Waals surface area contributed by atoms with Crippen molar-refractivity contribution in [3.8, 4) is 17.2 Å². The number of nitrogens with one attached hydrogen (secondary N) is 2. The van der Waals surface area contributed by atoms with Gasteiger partial charge in [0, 0.05) is 23.5 Å². The number of amides is 2. The molecule has 7 nitrogen and oxygen atoms in total. The molecule has 0 spiro atoms. The summed E-state index contributed by atoms with van der Waals surface area (Å²) in [5, 5.41) is 5.78. The van der Waals surface area contributed by atoms with E-state index in [4.69, 9.17) is 14.2 Å². The molecule has 2 N–H and O–H groups in total. The van der Waals surface area contributed by atoms with E-state index < -0.39 is 0 Å². The molecular weight excluding hydrogens is 372 g/mol. The lowest BCUT2D eigenvalue weighted by molar-refractivity contribution is -0.122. The van der Waals surface area contributed by atoms with Crippen molar-refractivity contribution in [3.63, 3.8) is 0 Å². The average molecular weight is 398 g/mol. The van der Waals surface area contributed by atoms with Gasteiger partial charge in [0.15, 0.2) is 11.5 Å². The van der Waals surface area contributed by atoms with Gasteiger partial charge >= 0.3 is 0 Å². The number of hydrogen-bond acceptors (Lipinski definition) is 5. The van der Waals surface area contributed by atoms with E-state index in [0.29, 0.717) is 29.4 Å². The second kappa shape index (κ2) is 8.43. The van der Waals surface area contributed by atoms with E-state index in [-0.39, 0.29) is 23.7 Å². The van der Waals surface area contributed by atoms with Crippen LogP contribution >= 0.6 is 0 Å². The lowest BCUT2D eigenvalue weighted by atomic mass is 10.1. The van der Waals surface area contributed by atoms with Crippen LogP contribution in [-0.4, -0.2) is 33.1 Å². The highest BCUT2D eigenvalue weighted by Crippen LogP contribution is 2.43. The highest BCUT2D eigenvalue weighted by Gasteiger charge is 2.48. The summed E-state index contributed by atoms with van der Waals surface area (Å²) in [6, 6.07) is 9.09. The SMILES string of the molecule is COc1cc(NC(=O)C2CC2C(=O)Nc2cccc(C)c2C)cc(OC)c1OC. The van der Waals surface area contributed by atoms with Crippen LogP contribution in [0.5, 0.6) is 17.2 Å². The monoisotopic (exact) mass is 398 g/mol. The molecule has 7 heteroatoms. The maximum absolute atomic E-state index is 12.6. The lowest BCUT2D eigenvalue weighted by Crippen LogP contribution is -2.21. The van der Waals surface area contributed by atoms with Gasteiger partial charge in [-0.05, 0) is 37.5 Å². The van der Waals surface area contributed by atoms with Crippen molar-refractivity contribution < 1.29 is 23.8 Å². The van der Waals surface area contributed by atoms with Crippen LogP contribution in [0.3, 0.4) is 0 Å². The quantitative estimate of drug-likeness (QED) is 0.745. The van der Waals surface area contributed by atoms with Crippen LogP contribution in [0.1, 0.15) is 17.5 Å². The molecule has 0 bridgehead atoms. The minimum Gasteiger partial charge on any atom is -0.493 e. The molecule has 29 heavy (non-hydrogen) atoms. The zero-order valence-corrected chi connectivity index (χ0v) is 17.3. The van der Waals surface area contributed by atoms with Gasteiger partial charge in [-0.1, -0.05) is 12.1 Å². The standard InChI is InChI=1S/C22H26N2O5/c1-12-7-6-8-17(13(12)2)24-22(26)16-11-15(16)21(25)23-14-9-18(27-3)20(29-5)19(10-14)28-4/h6-10,15-16H,11H2,1-5H3,(H,23,25)(H,24,26). The van der Waals surface area contributed by atoms with Crippen molar-refractivity contribution in [2.45, 2.75) is 20.3 Å². The van der Waals surface area contributed by atoms with Crippen LogP contribution in [0.4, 0.5) is 11.4 Å². The Labute approximate surface area is 170 Å².